The molecule has 0 saturated carbocycles. The van der Waals surface area contributed by atoms with Gasteiger partial charge in [0, 0.05) is 11.6 Å². The zero-order valence-electron chi connectivity index (χ0n) is 9.46. The van der Waals surface area contributed by atoms with E-state index < -0.39 is 5.41 Å². The van der Waals surface area contributed by atoms with Gasteiger partial charge in [-0.25, -0.2) is 0 Å². The van der Waals surface area contributed by atoms with Gasteiger partial charge in [0.25, 0.3) is 0 Å². The molecule has 0 radical (unpaired) electrons. The van der Waals surface area contributed by atoms with Crippen molar-refractivity contribution in [2.75, 3.05) is 13.2 Å². The summed E-state index contributed by atoms with van der Waals surface area (Å²) in [5.74, 6) is -0.108. The Bertz CT molecular complexity index is 360. The molecule has 0 aliphatic heterocycles. The van der Waals surface area contributed by atoms with Crippen LogP contribution in [0.4, 0.5) is 0 Å². The van der Waals surface area contributed by atoms with Crippen LogP contribution >= 0.6 is 11.6 Å². The minimum atomic E-state index is -0.625. The van der Waals surface area contributed by atoms with E-state index in [4.69, 9.17) is 16.7 Å². The highest BCUT2D eigenvalue weighted by Crippen LogP contribution is 2.24. The van der Waals surface area contributed by atoms with Gasteiger partial charge in [0.05, 0.1) is 12.0 Å². The molecule has 1 amide bonds. The molecule has 0 heterocycles. The van der Waals surface area contributed by atoms with Crippen LogP contribution in [-0.2, 0) is 10.2 Å². The van der Waals surface area contributed by atoms with Crippen LogP contribution in [0.5, 0.6) is 0 Å². The van der Waals surface area contributed by atoms with E-state index in [1.807, 2.05) is 26.0 Å². The molecular formula is C12H16ClNO2. The standard InChI is InChI=1S/C12H16ClNO2/c1-12(2,11(16)14-7-8-15)9-3-5-10(13)6-4-9/h3-6,15H,7-8H2,1-2H3,(H,14,16). The predicted molar refractivity (Wildman–Crippen MR) is 64.6 cm³/mol. The van der Waals surface area contributed by atoms with Crippen molar-refractivity contribution in [3.63, 3.8) is 0 Å². The fourth-order valence-electron chi connectivity index (χ4n) is 1.39. The SMILES string of the molecule is CC(C)(C(=O)NCCO)c1ccc(Cl)cc1. The second-order valence-corrected chi connectivity index (χ2v) is 4.55. The number of amides is 1. The molecular weight excluding hydrogens is 226 g/mol. The van der Waals surface area contributed by atoms with E-state index in [1.165, 1.54) is 0 Å². The maximum absolute atomic E-state index is 11.9. The number of hydrogen-bond acceptors (Lipinski definition) is 2. The molecule has 1 rings (SSSR count). The van der Waals surface area contributed by atoms with Crippen molar-refractivity contribution < 1.29 is 9.90 Å². The van der Waals surface area contributed by atoms with Crippen molar-refractivity contribution >= 4 is 17.5 Å². The van der Waals surface area contributed by atoms with Crippen LogP contribution in [0.1, 0.15) is 19.4 Å². The van der Waals surface area contributed by atoms with Crippen LogP contribution < -0.4 is 5.32 Å². The Morgan fingerprint density at radius 1 is 1.38 bits per heavy atom. The van der Waals surface area contributed by atoms with Gasteiger partial charge in [-0.15, -0.1) is 0 Å². The second-order valence-electron chi connectivity index (χ2n) is 4.11. The monoisotopic (exact) mass is 241 g/mol. The third-order valence-electron chi connectivity index (χ3n) is 2.53. The molecule has 3 nitrogen and oxygen atoms in total. The fraction of sp³-hybridized carbons (Fsp3) is 0.417. The molecule has 1 aromatic carbocycles. The van der Waals surface area contributed by atoms with Gasteiger partial charge in [-0.1, -0.05) is 23.7 Å². The summed E-state index contributed by atoms with van der Waals surface area (Å²) >= 11 is 5.79. The average Bonchev–Trinajstić information content (AvgIpc) is 2.26. The van der Waals surface area contributed by atoms with E-state index in [-0.39, 0.29) is 19.1 Å². The summed E-state index contributed by atoms with van der Waals surface area (Å²) in [5, 5.41) is 12.0. The van der Waals surface area contributed by atoms with Crippen molar-refractivity contribution in [3.05, 3.63) is 34.9 Å². The zero-order chi connectivity index (χ0) is 12.2. The van der Waals surface area contributed by atoms with Crippen molar-refractivity contribution in [1.29, 1.82) is 0 Å². The first-order valence-electron chi connectivity index (χ1n) is 5.13. The Labute approximate surface area is 100 Å². The van der Waals surface area contributed by atoms with Crippen LogP contribution in [-0.4, -0.2) is 24.2 Å². The van der Waals surface area contributed by atoms with Gasteiger partial charge in [-0.2, -0.15) is 0 Å². The molecule has 0 atom stereocenters. The number of halogens is 1. The maximum Gasteiger partial charge on any atom is 0.230 e. The summed E-state index contributed by atoms with van der Waals surface area (Å²) in [6.45, 7) is 3.89. The van der Waals surface area contributed by atoms with Crippen LogP contribution in [0.2, 0.25) is 5.02 Å². The van der Waals surface area contributed by atoms with Crippen LogP contribution in [0.25, 0.3) is 0 Å². The van der Waals surface area contributed by atoms with E-state index in [0.29, 0.717) is 5.02 Å². The molecule has 0 unspecified atom stereocenters. The van der Waals surface area contributed by atoms with Gasteiger partial charge in [-0.05, 0) is 31.5 Å². The molecule has 2 N–H and O–H groups in total. The molecule has 0 aromatic heterocycles. The van der Waals surface area contributed by atoms with Crippen LogP contribution in [0, 0.1) is 0 Å². The summed E-state index contributed by atoms with van der Waals surface area (Å²) in [4.78, 5) is 11.9. The lowest BCUT2D eigenvalue weighted by Gasteiger charge is -2.24. The van der Waals surface area contributed by atoms with Crippen LogP contribution in [0.3, 0.4) is 0 Å². The summed E-state index contributed by atoms with van der Waals surface area (Å²) < 4.78 is 0. The van der Waals surface area contributed by atoms with E-state index in [0.717, 1.165) is 5.56 Å². The Kier molecular flexibility index (Phi) is 4.33. The van der Waals surface area contributed by atoms with Crippen molar-refractivity contribution in [2.24, 2.45) is 0 Å². The number of carbonyl (C=O) groups is 1. The highest BCUT2D eigenvalue weighted by atomic mass is 35.5. The van der Waals surface area contributed by atoms with E-state index in [2.05, 4.69) is 5.32 Å². The van der Waals surface area contributed by atoms with E-state index in [1.54, 1.807) is 12.1 Å². The lowest BCUT2D eigenvalue weighted by atomic mass is 9.84. The normalized spacial score (nSPS) is 11.2. The summed E-state index contributed by atoms with van der Waals surface area (Å²) in [7, 11) is 0. The lowest BCUT2D eigenvalue weighted by molar-refractivity contribution is -0.125. The lowest BCUT2D eigenvalue weighted by Crippen LogP contribution is -2.41. The third kappa shape index (κ3) is 2.97. The molecule has 0 aliphatic rings. The number of hydrogen-bond donors (Lipinski definition) is 2. The van der Waals surface area contributed by atoms with Gasteiger partial charge in [0.1, 0.15) is 0 Å². The number of rotatable bonds is 4. The second kappa shape index (κ2) is 5.32. The van der Waals surface area contributed by atoms with E-state index >= 15 is 0 Å². The zero-order valence-corrected chi connectivity index (χ0v) is 10.2. The Morgan fingerprint density at radius 2 is 1.94 bits per heavy atom. The number of aliphatic hydroxyl groups is 1. The number of aliphatic hydroxyl groups excluding tert-OH is 1. The molecule has 88 valence electrons. The minimum absolute atomic E-state index is 0.0531. The summed E-state index contributed by atoms with van der Waals surface area (Å²) in [5.41, 5.74) is 0.270. The molecule has 16 heavy (non-hydrogen) atoms. The summed E-state index contributed by atoms with van der Waals surface area (Å²) in [6.07, 6.45) is 0. The molecule has 1 aromatic rings. The average molecular weight is 242 g/mol. The molecule has 4 heteroatoms. The van der Waals surface area contributed by atoms with Crippen molar-refractivity contribution in [3.8, 4) is 0 Å². The van der Waals surface area contributed by atoms with Crippen molar-refractivity contribution in [2.45, 2.75) is 19.3 Å². The largest absolute Gasteiger partial charge is 0.395 e. The molecule has 0 bridgehead atoms. The van der Waals surface area contributed by atoms with Gasteiger partial charge >= 0.3 is 0 Å². The summed E-state index contributed by atoms with van der Waals surface area (Å²) in [6, 6.07) is 7.19. The van der Waals surface area contributed by atoms with Gasteiger partial charge in [-0.3, -0.25) is 4.79 Å². The molecule has 0 fully saturated rings. The van der Waals surface area contributed by atoms with Crippen molar-refractivity contribution in [1.82, 2.24) is 5.32 Å². The Balaban J connectivity index is 2.83. The molecule has 0 aliphatic carbocycles. The first-order valence-corrected chi connectivity index (χ1v) is 5.51. The number of carbonyl (C=O) groups excluding carboxylic acids is 1. The Morgan fingerprint density at radius 3 is 2.44 bits per heavy atom. The number of nitrogens with one attached hydrogen (secondary N) is 1. The van der Waals surface area contributed by atoms with Gasteiger partial charge < -0.3 is 10.4 Å². The highest BCUT2D eigenvalue weighted by molar-refractivity contribution is 6.30. The maximum atomic E-state index is 11.9. The first kappa shape index (κ1) is 13.0. The fourth-order valence-corrected chi connectivity index (χ4v) is 1.51. The Hall–Kier alpha value is -1.06. The number of benzene rings is 1. The third-order valence-corrected chi connectivity index (χ3v) is 2.78. The van der Waals surface area contributed by atoms with Gasteiger partial charge in [0.2, 0.25) is 5.91 Å². The van der Waals surface area contributed by atoms with Gasteiger partial charge in [0.15, 0.2) is 0 Å². The highest BCUT2D eigenvalue weighted by Gasteiger charge is 2.29. The predicted octanol–water partition coefficient (Wildman–Crippen LogP) is 1.73. The molecule has 0 saturated heterocycles. The smallest absolute Gasteiger partial charge is 0.230 e. The van der Waals surface area contributed by atoms with E-state index in [9.17, 15) is 4.79 Å². The quantitative estimate of drug-likeness (QED) is 0.844. The topological polar surface area (TPSA) is 49.3 Å². The minimum Gasteiger partial charge on any atom is -0.395 e. The molecule has 0 spiro atoms. The first-order chi connectivity index (χ1) is 7.48. The van der Waals surface area contributed by atoms with Crippen LogP contribution in [0.15, 0.2) is 24.3 Å².